The number of pyridine rings is 1. The van der Waals surface area contributed by atoms with Crippen molar-refractivity contribution >= 4 is 5.82 Å². The van der Waals surface area contributed by atoms with E-state index in [0.717, 1.165) is 12.5 Å². The van der Waals surface area contributed by atoms with Gasteiger partial charge < -0.3 is 10.4 Å². The molecule has 102 valence electrons. The first-order chi connectivity index (χ1) is 8.47. The smallest absolute Gasteiger partial charge is 0.396 e. The summed E-state index contributed by atoms with van der Waals surface area (Å²) in [7, 11) is 0. The van der Waals surface area contributed by atoms with Crippen LogP contribution in [0.25, 0.3) is 0 Å². The molecule has 18 heavy (non-hydrogen) atoms. The molecular formula is C12H17F3N2O. The molecule has 0 saturated carbocycles. The number of rotatable bonds is 6. The molecule has 1 rings (SSSR count). The highest BCUT2D eigenvalue weighted by molar-refractivity contribution is 5.35. The Morgan fingerprint density at radius 3 is 2.67 bits per heavy atom. The molecule has 1 unspecified atom stereocenters. The highest BCUT2D eigenvalue weighted by Gasteiger charge is 2.32. The van der Waals surface area contributed by atoms with E-state index in [9.17, 15) is 13.2 Å². The van der Waals surface area contributed by atoms with Gasteiger partial charge in [0.15, 0.2) is 0 Å². The Kier molecular flexibility index (Phi) is 5.40. The van der Waals surface area contributed by atoms with Crippen LogP contribution in [0.3, 0.4) is 0 Å². The highest BCUT2D eigenvalue weighted by atomic mass is 19.4. The number of aromatic nitrogens is 1. The second-order valence-corrected chi connectivity index (χ2v) is 4.07. The van der Waals surface area contributed by atoms with E-state index < -0.39 is 11.9 Å². The first-order valence-electron chi connectivity index (χ1n) is 5.86. The minimum absolute atomic E-state index is 0.0796. The van der Waals surface area contributed by atoms with Crippen molar-refractivity contribution < 1.29 is 18.3 Å². The summed E-state index contributed by atoms with van der Waals surface area (Å²) in [6, 6.07) is 3.77. The molecule has 1 aromatic rings. The van der Waals surface area contributed by atoms with Crippen molar-refractivity contribution in [2.45, 2.75) is 25.9 Å². The number of alkyl halides is 3. The van der Waals surface area contributed by atoms with Crippen LogP contribution in [0.1, 0.15) is 25.5 Å². The van der Waals surface area contributed by atoms with Gasteiger partial charge in [-0.15, -0.1) is 0 Å². The van der Waals surface area contributed by atoms with E-state index in [-0.39, 0.29) is 18.3 Å². The van der Waals surface area contributed by atoms with Gasteiger partial charge in [-0.2, -0.15) is 13.2 Å². The molecule has 0 bridgehead atoms. The molecule has 0 spiro atoms. The summed E-state index contributed by atoms with van der Waals surface area (Å²) in [6.07, 6.45) is -2.94. The average molecular weight is 262 g/mol. The fraction of sp³-hybridized carbons (Fsp3) is 0.583. The van der Waals surface area contributed by atoms with E-state index in [2.05, 4.69) is 10.3 Å². The first kappa shape index (κ1) is 14.8. The fourth-order valence-electron chi connectivity index (χ4n) is 1.57. The molecule has 1 heterocycles. The number of aliphatic hydroxyl groups excluding tert-OH is 1. The SMILES string of the molecule is CCC(CCO)CNc1cccc(C(F)(F)F)n1. The van der Waals surface area contributed by atoms with Crippen molar-refractivity contribution in [3.8, 4) is 0 Å². The lowest BCUT2D eigenvalue weighted by atomic mass is 10.0. The average Bonchev–Trinajstić information content (AvgIpc) is 2.34. The third-order valence-electron chi connectivity index (χ3n) is 2.73. The Balaban J connectivity index is 2.62. The van der Waals surface area contributed by atoms with Crippen molar-refractivity contribution in [2.24, 2.45) is 5.92 Å². The molecule has 6 heteroatoms. The molecule has 0 saturated heterocycles. The number of nitrogens with zero attached hydrogens (tertiary/aromatic N) is 1. The van der Waals surface area contributed by atoms with Gasteiger partial charge in [-0.3, -0.25) is 0 Å². The van der Waals surface area contributed by atoms with Crippen LogP contribution in [0.15, 0.2) is 18.2 Å². The van der Waals surface area contributed by atoms with Gasteiger partial charge >= 0.3 is 6.18 Å². The monoisotopic (exact) mass is 262 g/mol. The second-order valence-electron chi connectivity index (χ2n) is 4.07. The van der Waals surface area contributed by atoms with Crippen molar-refractivity contribution in [3.05, 3.63) is 23.9 Å². The van der Waals surface area contributed by atoms with Crippen LogP contribution in [0.5, 0.6) is 0 Å². The predicted molar refractivity (Wildman–Crippen MR) is 63.2 cm³/mol. The fourth-order valence-corrected chi connectivity index (χ4v) is 1.57. The van der Waals surface area contributed by atoms with Gasteiger partial charge in [-0.1, -0.05) is 19.4 Å². The molecule has 0 amide bonds. The third kappa shape index (κ3) is 4.52. The summed E-state index contributed by atoms with van der Waals surface area (Å²) in [5.41, 5.74) is -0.900. The molecule has 0 aromatic carbocycles. The lowest BCUT2D eigenvalue weighted by Crippen LogP contribution is -2.17. The Morgan fingerprint density at radius 1 is 1.39 bits per heavy atom. The number of halogens is 3. The molecule has 0 radical (unpaired) electrons. The normalized spacial score (nSPS) is 13.4. The lowest BCUT2D eigenvalue weighted by molar-refractivity contribution is -0.141. The standard InChI is InChI=1S/C12H17F3N2O/c1-2-9(6-7-18)8-16-11-5-3-4-10(17-11)12(13,14)15/h3-5,9,18H,2,6-8H2,1H3,(H,16,17). The topological polar surface area (TPSA) is 45.1 Å². The Bertz CT molecular complexity index is 369. The first-order valence-corrected chi connectivity index (χ1v) is 5.86. The summed E-state index contributed by atoms with van der Waals surface area (Å²) >= 11 is 0. The zero-order chi connectivity index (χ0) is 13.6. The van der Waals surface area contributed by atoms with Crippen LogP contribution in [0.2, 0.25) is 0 Å². The largest absolute Gasteiger partial charge is 0.433 e. The van der Waals surface area contributed by atoms with Crippen molar-refractivity contribution in [2.75, 3.05) is 18.5 Å². The molecule has 1 aromatic heterocycles. The lowest BCUT2D eigenvalue weighted by Gasteiger charge is -2.15. The summed E-state index contributed by atoms with van der Waals surface area (Å²) in [4.78, 5) is 3.51. The summed E-state index contributed by atoms with van der Waals surface area (Å²) < 4.78 is 37.3. The maximum absolute atomic E-state index is 12.4. The zero-order valence-electron chi connectivity index (χ0n) is 10.2. The molecule has 0 fully saturated rings. The molecule has 2 N–H and O–H groups in total. The van der Waals surface area contributed by atoms with E-state index >= 15 is 0 Å². The predicted octanol–water partition coefficient (Wildman–Crippen LogP) is 2.92. The van der Waals surface area contributed by atoms with Crippen LogP contribution in [0, 0.1) is 5.92 Å². The van der Waals surface area contributed by atoms with Crippen LogP contribution in [0.4, 0.5) is 19.0 Å². The maximum atomic E-state index is 12.4. The molecule has 0 aliphatic rings. The van der Waals surface area contributed by atoms with Gasteiger partial charge in [-0.25, -0.2) is 4.98 Å². The van der Waals surface area contributed by atoms with Crippen LogP contribution in [-0.2, 0) is 6.18 Å². The van der Waals surface area contributed by atoms with Crippen molar-refractivity contribution in [3.63, 3.8) is 0 Å². The van der Waals surface area contributed by atoms with E-state index in [1.54, 1.807) is 0 Å². The summed E-state index contributed by atoms with van der Waals surface area (Å²) in [5.74, 6) is 0.438. The van der Waals surface area contributed by atoms with Crippen LogP contribution >= 0.6 is 0 Å². The molecule has 1 atom stereocenters. The third-order valence-corrected chi connectivity index (χ3v) is 2.73. The summed E-state index contributed by atoms with van der Waals surface area (Å²) in [5, 5.41) is 11.7. The Labute approximate surface area is 104 Å². The highest BCUT2D eigenvalue weighted by Crippen LogP contribution is 2.28. The van der Waals surface area contributed by atoms with Gasteiger partial charge in [0, 0.05) is 13.2 Å². The number of aliphatic hydroxyl groups is 1. The number of hydrogen-bond donors (Lipinski definition) is 2. The quantitative estimate of drug-likeness (QED) is 0.828. The van der Waals surface area contributed by atoms with Gasteiger partial charge in [0.25, 0.3) is 0 Å². The van der Waals surface area contributed by atoms with Gasteiger partial charge in [-0.05, 0) is 24.5 Å². The molecule has 3 nitrogen and oxygen atoms in total. The van der Waals surface area contributed by atoms with Gasteiger partial charge in [0.1, 0.15) is 11.5 Å². The van der Waals surface area contributed by atoms with Crippen LogP contribution < -0.4 is 5.32 Å². The Morgan fingerprint density at radius 2 is 2.11 bits per heavy atom. The molecular weight excluding hydrogens is 245 g/mol. The van der Waals surface area contributed by atoms with E-state index in [4.69, 9.17) is 5.11 Å². The molecule has 0 aliphatic carbocycles. The van der Waals surface area contributed by atoms with Gasteiger partial charge in [0.2, 0.25) is 0 Å². The zero-order valence-corrected chi connectivity index (χ0v) is 10.2. The number of nitrogens with one attached hydrogen (secondary N) is 1. The number of anilines is 1. The van der Waals surface area contributed by atoms with E-state index in [1.165, 1.54) is 12.1 Å². The van der Waals surface area contributed by atoms with E-state index in [0.29, 0.717) is 13.0 Å². The summed E-state index contributed by atoms with van der Waals surface area (Å²) in [6.45, 7) is 2.56. The Hall–Kier alpha value is -1.30. The van der Waals surface area contributed by atoms with Gasteiger partial charge in [0.05, 0.1) is 0 Å². The second kappa shape index (κ2) is 6.58. The van der Waals surface area contributed by atoms with Crippen molar-refractivity contribution in [1.29, 1.82) is 0 Å². The van der Waals surface area contributed by atoms with Crippen LogP contribution in [-0.4, -0.2) is 23.2 Å². The maximum Gasteiger partial charge on any atom is 0.433 e. The minimum Gasteiger partial charge on any atom is -0.396 e. The minimum atomic E-state index is -4.42. The molecule has 0 aliphatic heterocycles. The van der Waals surface area contributed by atoms with Crippen molar-refractivity contribution in [1.82, 2.24) is 4.98 Å². The van der Waals surface area contributed by atoms with E-state index in [1.807, 2.05) is 6.92 Å². The number of hydrogen-bond acceptors (Lipinski definition) is 3.